The van der Waals surface area contributed by atoms with E-state index in [1.165, 1.54) is 68.0 Å². The van der Waals surface area contributed by atoms with Crippen LogP contribution in [0.3, 0.4) is 0 Å². The maximum absolute atomic E-state index is 15.0. The van der Waals surface area contributed by atoms with Gasteiger partial charge in [-0.25, -0.2) is 0 Å². The third-order valence-electron chi connectivity index (χ3n) is 14.7. The highest BCUT2D eigenvalue weighted by atomic mass is 32.1. The van der Waals surface area contributed by atoms with Gasteiger partial charge in [-0.05, 0) is 91.0 Å². The van der Waals surface area contributed by atoms with E-state index >= 15 is 0 Å². The van der Waals surface area contributed by atoms with Crippen molar-refractivity contribution < 1.29 is 28.8 Å². The van der Waals surface area contributed by atoms with Gasteiger partial charge < -0.3 is 0 Å². The minimum atomic E-state index is -0.256. The molecule has 0 amide bonds. The van der Waals surface area contributed by atoms with Crippen molar-refractivity contribution in [3.05, 3.63) is 358 Å². The van der Waals surface area contributed by atoms with Crippen LogP contribution in [0.1, 0.15) is 95.5 Å². The van der Waals surface area contributed by atoms with E-state index in [-0.39, 0.29) is 34.7 Å². The Balaban J connectivity index is 1.19. The zero-order valence-corrected chi connectivity index (χ0v) is 52.5. The van der Waals surface area contributed by atoms with Crippen molar-refractivity contribution in [2.45, 2.75) is 0 Å². The molecule has 1 heterocycles. The van der Waals surface area contributed by atoms with E-state index in [1.54, 1.807) is 91.0 Å². The summed E-state index contributed by atoms with van der Waals surface area (Å²) >= 11 is 8.39. The summed E-state index contributed by atoms with van der Waals surface area (Å²) in [5.41, 5.74) is 4.82. The molecule has 90 heavy (non-hydrogen) atoms. The van der Waals surface area contributed by atoms with Crippen LogP contribution >= 0.6 is 68.0 Å². The molecule has 12 heteroatoms. The molecule has 13 aromatic rings. The molecule has 0 atom stereocenters. The molecular formula is C78H48O6S6. The van der Waals surface area contributed by atoms with Gasteiger partial charge in [-0.1, -0.05) is 200 Å². The fourth-order valence-electron chi connectivity index (χ4n) is 10.3. The Kier molecular flexibility index (Phi) is 17.5. The lowest BCUT2D eigenvalue weighted by atomic mass is 9.97. The third-order valence-corrected chi connectivity index (χ3v) is 21.0. The average molecular weight is 1270 g/mol. The van der Waals surface area contributed by atoms with Gasteiger partial charge in [-0.2, -0.15) is 0 Å². The summed E-state index contributed by atoms with van der Waals surface area (Å²) in [6.07, 6.45) is 0. The van der Waals surface area contributed by atoms with E-state index < -0.39 is 0 Å². The summed E-state index contributed by atoms with van der Waals surface area (Å²) in [6.45, 7) is 0. The van der Waals surface area contributed by atoms with Crippen molar-refractivity contribution in [3.8, 4) is 0 Å². The summed E-state index contributed by atoms with van der Waals surface area (Å²) in [5, 5.41) is 0. The topological polar surface area (TPSA) is 102 Å². The van der Waals surface area contributed by atoms with Gasteiger partial charge in [0.25, 0.3) is 0 Å². The standard InChI is InChI=1S/C78H48O6S6/c79-73(49-22-7-1-8-23-49)61-43-62(74(80)50-24-9-2-10-25-50)68-46-67(61)85-55-34-19-35-56(40-55)87-69-47-70(64(76(82)52-28-13-4-14-29-52)44-63(69)75(81)51-26-11-3-12-27-51)89-59-38-21-39-60(42-59)90-72-48-71(88-58-37-20-36-57(41-58)86-68)65(77(83)53-30-15-5-16-31-53)45-66(72)78(84)54-32-17-6-18-33-54/h1-48H. The van der Waals surface area contributed by atoms with E-state index in [2.05, 4.69) is 0 Å². The van der Waals surface area contributed by atoms with Gasteiger partial charge in [-0.15, -0.1) is 68.0 Å². The normalized spacial score (nSPS) is 10.9. The van der Waals surface area contributed by atoms with E-state index in [1.807, 2.05) is 200 Å². The molecule has 12 bridgehead atoms. The maximum Gasteiger partial charge on any atom is 0.194 e. The highest BCUT2D eigenvalue weighted by Gasteiger charge is 2.23. The summed E-state index contributed by atoms with van der Waals surface area (Å²) in [5.74, 6) is -1.54. The molecule has 0 fully saturated rings. The molecule has 0 aliphatic carbocycles. The van der Waals surface area contributed by atoms with Crippen LogP contribution in [0, 0.1) is 0 Å². The zero-order chi connectivity index (χ0) is 61.5. The van der Waals surface area contributed by atoms with Crippen LogP contribution in [0.4, 0.5) is 0 Å². The molecule has 0 saturated heterocycles. The van der Waals surface area contributed by atoms with Crippen LogP contribution in [0.25, 0.3) is 56.4 Å². The van der Waals surface area contributed by atoms with Gasteiger partial charge in [0.1, 0.15) is 0 Å². The second kappa shape index (κ2) is 26.8. The van der Waals surface area contributed by atoms with Crippen LogP contribution in [0.2, 0.25) is 0 Å². The van der Waals surface area contributed by atoms with Gasteiger partial charge in [0.2, 0.25) is 0 Å². The number of benzene rings is 12. The van der Waals surface area contributed by atoms with Crippen molar-refractivity contribution >= 4 is 159 Å². The van der Waals surface area contributed by atoms with E-state index in [0.29, 0.717) is 95.0 Å². The van der Waals surface area contributed by atoms with Crippen molar-refractivity contribution in [1.82, 2.24) is 0 Å². The largest absolute Gasteiger partial charge is 0.289 e. The Morgan fingerprint density at radius 3 is 0.478 bits per heavy atom. The van der Waals surface area contributed by atoms with Crippen molar-refractivity contribution in [1.29, 1.82) is 0 Å². The lowest BCUT2D eigenvalue weighted by molar-refractivity contribution is 0.102. The number of carbonyl (C=O) groups excluding carboxylic acids is 6. The molecular weight excluding hydrogens is 1230 g/mol. The van der Waals surface area contributed by atoms with Crippen molar-refractivity contribution in [2.75, 3.05) is 0 Å². The summed E-state index contributed by atoms with van der Waals surface area (Å²) < 4.78 is 8.43. The molecule has 0 spiro atoms. The van der Waals surface area contributed by atoms with E-state index in [9.17, 15) is 28.8 Å². The average Bonchev–Trinajstić information content (AvgIpc) is 1.45. The Bertz CT molecular complexity index is 4460. The Morgan fingerprint density at radius 2 is 0.322 bits per heavy atom. The summed E-state index contributed by atoms with van der Waals surface area (Å²) in [7, 11) is 0. The van der Waals surface area contributed by atoms with Gasteiger partial charge in [-0.3, -0.25) is 28.8 Å². The number of hydrogen-bond donors (Lipinski definition) is 0. The van der Waals surface area contributed by atoms with Crippen molar-refractivity contribution in [2.24, 2.45) is 0 Å². The smallest absolute Gasteiger partial charge is 0.194 e. The lowest BCUT2D eigenvalue weighted by Crippen LogP contribution is -2.06. The molecule has 0 aliphatic heterocycles. The second-order valence-electron chi connectivity index (χ2n) is 20.7. The minimum absolute atomic E-state index is 0.256. The molecule has 13 rings (SSSR count). The number of carbonyl (C=O) groups is 6. The predicted molar refractivity (Wildman–Crippen MR) is 377 cm³/mol. The quantitative estimate of drug-likeness (QED) is 0.113. The number of fused-ring (bicyclic) bond motifs is 12. The molecule has 0 unspecified atom stereocenters. The lowest BCUT2D eigenvalue weighted by Gasteiger charge is -2.10. The number of rotatable bonds is 12. The molecule has 0 radical (unpaired) electrons. The molecule has 0 aliphatic rings. The fraction of sp³-hybridized carbons (Fsp3) is 0. The Morgan fingerprint density at radius 1 is 0.167 bits per heavy atom. The molecule has 1 aromatic heterocycles. The zero-order valence-electron chi connectivity index (χ0n) is 47.6. The first-order chi connectivity index (χ1) is 44.1. The van der Waals surface area contributed by atoms with Crippen molar-refractivity contribution in [3.63, 3.8) is 0 Å². The maximum atomic E-state index is 15.0. The monoisotopic (exact) mass is 1270 g/mol. The van der Waals surface area contributed by atoms with Crippen LogP contribution < -0.4 is 0 Å². The van der Waals surface area contributed by atoms with Gasteiger partial charge in [0, 0.05) is 123 Å². The first-order valence-electron chi connectivity index (χ1n) is 28.6. The fourth-order valence-corrected chi connectivity index (χ4v) is 16.9. The molecule has 432 valence electrons. The van der Waals surface area contributed by atoms with E-state index in [4.69, 9.17) is 0 Å². The number of hydrogen-bond acceptors (Lipinski definition) is 12. The molecule has 12 aromatic carbocycles. The number of ketones is 6. The second-order valence-corrected chi connectivity index (χ2v) is 27.4. The van der Waals surface area contributed by atoms with Gasteiger partial charge in [0.15, 0.2) is 34.7 Å². The first-order valence-corrected chi connectivity index (χ1v) is 33.5. The molecule has 0 saturated carbocycles. The molecule has 6 nitrogen and oxygen atoms in total. The van der Waals surface area contributed by atoms with Crippen LogP contribution in [-0.4, -0.2) is 34.7 Å². The summed E-state index contributed by atoms with van der Waals surface area (Å²) in [4.78, 5) is 90.0. The highest BCUT2D eigenvalue weighted by Crippen LogP contribution is 2.37. The minimum Gasteiger partial charge on any atom is -0.289 e. The van der Waals surface area contributed by atoms with Crippen LogP contribution in [0.15, 0.2) is 291 Å². The predicted octanol–water partition coefficient (Wildman–Crippen LogP) is 21.4. The van der Waals surface area contributed by atoms with Crippen LogP contribution in [-0.2, 0) is 0 Å². The molecule has 0 N–H and O–H groups in total. The summed E-state index contributed by atoms with van der Waals surface area (Å²) in [6, 6.07) is 88.9. The Labute approximate surface area is 541 Å². The van der Waals surface area contributed by atoms with Crippen LogP contribution in [0.5, 0.6) is 0 Å². The third kappa shape index (κ3) is 13.1. The highest BCUT2D eigenvalue weighted by molar-refractivity contribution is 7.28. The van der Waals surface area contributed by atoms with E-state index in [0.717, 1.165) is 28.2 Å². The first kappa shape index (κ1) is 59.0. The van der Waals surface area contributed by atoms with Gasteiger partial charge >= 0.3 is 0 Å². The van der Waals surface area contributed by atoms with Gasteiger partial charge in [0.05, 0.1) is 0 Å². The Hall–Kier alpha value is -10.0. The SMILES string of the molecule is O=C(c1ccccc1)c1cc(C(=O)c2ccccc2)c2cc1sc1cccc(c1)sc1cc(sc3cccc(c3)sc3cc(sc4cccc(c4)s2)c(C(=O)c2ccccc2)cc3C(=O)c2ccccc2)c(C(=O)c2ccccc2)cc1C(=O)c1ccccc1.